The van der Waals surface area contributed by atoms with E-state index in [0.717, 1.165) is 19.0 Å². The van der Waals surface area contributed by atoms with Crippen LogP contribution in [-0.4, -0.2) is 37.6 Å². The van der Waals surface area contributed by atoms with Gasteiger partial charge in [0, 0.05) is 45.0 Å². The van der Waals surface area contributed by atoms with Crippen molar-refractivity contribution in [2.75, 3.05) is 31.6 Å². The first-order valence-electron chi connectivity index (χ1n) is 7.92. The van der Waals surface area contributed by atoms with Gasteiger partial charge < -0.3 is 10.6 Å². The van der Waals surface area contributed by atoms with Gasteiger partial charge in [0.15, 0.2) is 0 Å². The molecule has 20 heavy (non-hydrogen) atoms. The highest BCUT2D eigenvalue weighted by atomic mass is 15.1. The van der Waals surface area contributed by atoms with Crippen molar-refractivity contribution in [2.24, 2.45) is 11.7 Å². The lowest BCUT2D eigenvalue weighted by molar-refractivity contribution is 0.158. The Morgan fingerprint density at radius 3 is 2.95 bits per heavy atom. The zero-order valence-corrected chi connectivity index (χ0v) is 12.8. The van der Waals surface area contributed by atoms with Crippen molar-refractivity contribution in [3.63, 3.8) is 0 Å². The van der Waals surface area contributed by atoms with Gasteiger partial charge in [0.2, 0.25) is 0 Å². The SMILES string of the molecule is CC1CC(N)CN(Cc2ccc3c(c2)CCCN3C)C1. The summed E-state index contributed by atoms with van der Waals surface area (Å²) in [6.45, 7) is 6.78. The minimum atomic E-state index is 0.350. The fourth-order valence-corrected chi connectivity index (χ4v) is 3.84. The first kappa shape index (κ1) is 13.9. The molecule has 1 saturated heterocycles. The molecule has 3 rings (SSSR count). The molecule has 2 aliphatic heterocycles. The number of likely N-dealkylation sites (tertiary alicyclic amines) is 1. The van der Waals surface area contributed by atoms with Crippen LogP contribution >= 0.6 is 0 Å². The molecular weight excluding hydrogens is 246 g/mol. The van der Waals surface area contributed by atoms with E-state index in [2.05, 4.69) is 42.0 Å². The molecule has 1 fully saturated rings. The van der Waals surface area contributed by atoms with E-state index in [4.69, 9.17) is 5.73 Å². The third kappa shape index (κ3) is 2.99. The van der Waals surface area contributed by atoms with Gasteiger partial charge in [0.1, 0.15) is 0 Å². The highest BCUT2D eigenvalue weighted by molar-refractivity contribution is 5.56. The molecule has 1 aromatic carbocycles. The lowest BCUT2D eigenvalue weighted by atomic mass is 9.95. The molecule has 0 bridgehead atoms. The van der Waals surface area contributed by atoms with E-state index in [1.807, 2.05) is 0 Å². The summed E-state index contributed by atoms with van der Waals surface area (Å²) in [7, 11) is 2.20. The molecule has 2 aliphatic rings. The Hall–Kier alpha value is -1.06. The quantitative estimate of drug-likeness (QED) is 0.897. The lowest BCUT2D eigenvalue weighted by Crippen LogP contribution is -2.45. The summed E-state index contributed by atoms with van der Waals surface area (Å²) in [4.78, 5) is 4.90. The Balaban J connectivity index is 1.72. The van der Waals surface area contributed by atoms with Gasteiger partial charge in [-0.2, -0.15) is 0 Å². The second kappa shape index (κ2) is 5.74. The normalized spacial score (nSPS) is 27.4. The van der Waals surface area contributed by atoms with Crippen molar-refractivity contribution in [1.29, 1.82) is 0 Å². The van der Waals surface area contributed by atoms with Crippen molar-refractivity contribution >= 4 is 5.69 Å². The molecule has 2 atom stereocenters. The number of nitrogens with two attached hydrogens (primary N) is 1. The van der Waals surface area contributed by atoms with Crippen LogP contribution in [0.15, 0.2) is 18.2 Å². The van der Waals surface area contributed by atoms with Crippen LogP contribution in [0.25, 0.3) is 0 Å². The summed E-state index contributed by atoms with van der Waals surface area (Å²) in [6.07, 6.45) is 3.67. The van der Waals surface area contributed by atoms with Crippen molar-refractivity contribution in [2.45, 2.75) is 38.8 Å². The van der Waals surface area contributed by atoms with Crippen molar-refractivity contribution in [3.8, 4) is 0 Å². The predicted molar refractivity (Wildman–Crippen MR) is 85.1 cm³/mol. The minimum absolute atomic E-state index is 0.350. The van der Waals surface area contributed by atoms with Gasteiger partial charge >= 0.3 is 0 Å². The summed E-state index contributed by atoms with van der Waals surface area (Å²) in [6, 6.07) is 7.36. The molecule has 2 N–H and O–H groups in total. The maximum Gasteiger partial charge on any atom is 0.0396 e. The maximum atomic E-state index is 6.15. The number of nitrogens with zero attached hydrogens (tertiary/aromatic N) is 2. The number of piperidine rings is 1. The average molecular weight is 273 g/mol. The molecule has 1 aromatic rings. The van der Waals surface area contributed by atoms with E-state index >= 15 is 0 Å². The Morgan fingerprint density at radius 2 is 2.15 bits per heavy atom. The first-order valence-corrected chi connectivity index (χ1v) is 7.92. The number of rotatable bonds is 2. The van der Waals surface area contributed by atoms with Crippen LogP contribution in [0.2, 0.25) is 0 Å². The number of benzene rings is 1. The Morgan fingerprint density at radius 1 is 1.30 bits per heavy atom. The summed E-state index contributed by atoms with van der Waals surface area (Å²) in [5, 5.41) is 0. The molecule has 0 aliphatic carbocycles. The number of aryl methyl sites for hydroxylation is 1. The van der Waals surface area contributed by atoms with Crippen LogP contribution in [-0.2, 0) is 13.0 Å². The largest absolute Gasteiger partial charge is 0.374 e. The molecule has 110 valence electrons. The lowest BCUT2D eigenvalue weighted by Gasteiger charge is -2.35. The van der Waals surface area contributed by atoms with Gasteiger partial charge in [-0.05, 0) is 42.4 Å². The van der Waals surface area contributed by atoms with Gasteiger partial charge in [-0.3, -0.25) is 4.90 Å². The van der Waals surface area contributed by atoms with Crippen molar-refractivity contribution in [1.82, 2.24) is 4.90 Å². The average Bonchev–Trinajstić information content (AvgIpc) is 2.37. The number of fused-ring (bicyclic) bond motifs is 1. The third-order valence-corrected chi connectivity index (χ3v) is 4.67. The van der Waals surface area contributed by atoms with E-state index < -0.39 is 0 Å². The highest BCUT2D eigenvalue weighted by Crippen LogP contribution is 2.27. The number of hydrogen-bond donors (Lipinski definition) is 1. The van der Waals surface area contributed by atoms with Gasteiger partial charge in [-0.25, -0.2) is 0 Å². The minimum Gasteiger partial charge on any atom is -0.374 e. The topological polar surface area (TPSA) is 32.5 Å². The third-order valence-electron chi connectivity index (χ3n) is 4.67. The molecule has 0 saturated carbocycles. The van der Waals surface area contributed by atoms with E-state index in [1.54, 1.807) is 0 Å². The van der Waals surface area contributed by atoms with Crippen LogP contribution in [0.5, 0.6) is 0 Å². The van der Waals surface area contributed by atoms with Gasteiger partial charge in [-0.1, -0.05) is 19.1 Å². The second-order valence-electron chi connectivity index (χ2n) is 6.78. The van der Waals surface area contributed by atoms with Crippen molar-refractivity contribution < 1.29 is 0 Å². The van der Waals surface area contributed by atoms with E-state index in [9.17, 15) is 0 Å². The van der Waals surface area contributed by atoms with Crippen LogP contribution in [0.4, 0.5) is 5.69 Å². The number of hydrogen-bond acceptors (Lipinski definition) is 3. The van der Waals surface area contributed by atoms with Gasteiger partial charge in [0.05, 0.1) is 0 Å². The second-order valence-corrected chi connectivity index (χ2v) is 6.78. The van der Waals surface area contributed by atoms with Crippen LogP contribution in [0, 0.1) is 5.92 Å². The van der Waals surface area contributed by atoms with E-state index in [1.165, 1.54) is 49.2 Å². The number of anilines is 1. The predicted octanol–water partition coefficient (Wildman–Crippen LogP) is 2.24. The Labute approximate surface area is 122 Å². The highest BCUT2D eigenvalue weighted by Gasteiger charge is 2.22. The van der Waals surface area contributed by atoms with Crippen molar-refractivity contribution in [3.05, 3.63) is 29.3 Å². The summed E-state index contributed by atoms with van der Waals surface area (Å²) < 4.78 is 0. The zero-order valence-electron chi connectivity index (χ0n) is 12.8. The molecule has 3 nitrogen and oxygen atoms in total. The summed E-state index contributed by atoms with van der Waals surface area (Å²) in [5.74, 6) is 0.725. The van der Waals surface area contributed by atoms with E-state index in [-0.39, 0.29) is 0 Å². The molecule has 2 heterocycles. The molecule has 3 heteroatoms. The van der Waals surface area contributed by atoms with Crippen LogP contribution in [0.1, 0.15) is 30.9 Å². The molecule has 0 amide bonds. The monoisotopic (exact) mass is 273 g/mol. The first-order chi connectivity index (χ1) is 9.61. The standard InChI is InChI=1S/C17H27N3/c1-13-8-16(18)12-20(10-13)11-14-5-6-17-15(9-14)4-3-7-19(17)2/h5-6,9,13,16H,3-4,7-8,10-12,18H2,1-2H3. The smallest absolute Gasteiger partial charge is 0.0396 e. The zero-order chi connectivity index (χ0) is 14.1. The molecule has 2 unspecified atom stereocenters. The molecule has 0 spiro atoms. The Bertz CT molecular complexity index is 461. The van der Waals surface area contributed by atoms with Gasteiger partial charge in [-0.15, -0.1) is 0 Å². The Kier molecular flexibility index (Phi) is 3.99. The van der Waals surface area contributed by atoms with Crippen LogP contribution in [0.3, 0.4) is 0 Å². The summed E-state index contributed by atoms with van der Waals surface area (Å²) in [5.41, 5.74) is 10.5. The van der Waals surface area contributed by atoms with Crippen LogP contribution < -0.4 is 10.6 Å². The molecule has 0 radical (unpaired) electrons. The fraction of sp³-hybridized carbons (Fsp3) is 0.647. The maximum absolute atomic E-state index is 6.15. The fourth-order valence-electron chi connectivity index (χ4n) is 3.84. The van der Waals surface area contributed by atoms with Gasteiger partial charge in [0.25, 0.3) is 0 Å². The summed E-state index contributed by atoms with van der Waals surface area (Å²) >= 11 is 0. The van der Waals surface area contributed by atoms with E-state index in [0.29, 0.717) is 6.04 Å². The molecule has 0 aromatic heterocycles. The molecular formula is C17H27N3.